The van der Waals surface area contributed by atoms with E-state index in [-0.39, 0.29) is 12.1 Å². The molecular formula is C22H24N4O2S. The summed E-state index contributed by atoms with van der Waals surface area (Å²) in [4.78, 5) is 10.1. The summed E-state index contributed by atoms with van der Waals surface area (Å²) in [5.41, 5.74) is 5.16. The fourth-order valence-electron chi connectivity index (χ4n) is 3.97. The van der Waals surface area contributed by atoms with Crippen molar-refractivity contribution in [3.8, 4) is 11.5 Å². The predicted octanol–water partition coefficient (Wildman–Crippen LogP) is 4.22. The largest absolute Gasteiger partial charge is 0.497 e. The van der Waals surface area contributed by atoms with Crippen molar-refractivity contribution >= 4 is 23.0 Å². The smallest absolute Gasteiger partial charge is 0.174 e. The number of nitrogens with one attached hydrogen (secondary N) is 2. The lowest BCUT2D eigenvalue weighted by Gasteiger charge is -2.29. The Morgan fingerprint density at radius 2 is 1.90 bits per heavy atom. The van der Waals surface area contributed by atoms with Gasteiger partial charge in [0.25, 0.3) is 0 Å². The molecule has 2 aromatic heterocycles. The second kappa shape index (κ2) is 7.75. The van der Waals surface area contributed by atoms with Crippen LogP contribution in [0, 0.1) is 13.8 Å². The first-order valence-corrected chi connectivity index (χ1v) is 9.83. The van der Waals surface area contributed by atoms with Crippen LogP contribution in [0.3, 0.4) is 0 Å². The number of rotatable bonds is 5. The SMILES string of the molecule is COc1ccc(OC)c(N2C(=S)N[C@@H](c3ccccn3)[C@H]2c2cc(C)[nH]c2C)c1. The molecule has 29 heavy (non-hydrogen) atoms. The van der Waals surface area contributed by atoms with E-state index >= 15 is 0 Å². The molecule has 0 spiro atoms. The number of methoxy groups -OCH3 is 2. The average Bonchev–Trinajstić information content (AvgIpc) is 3.25. The van der Waals surface area contributed by atoms with E-state index in [2.05, 4.69) is 40.1 Å². The lowest BCUT2D eigenvalue weighted by Crippen LogP contribution is -2.30. The van der Waals surface area contributed by atoms with Crippen LogP contribution in [0.1, 0.15) is 34.7 Å². The summed E-state index contributed by atoms with van der Waals surface area (Å²) in [6.07, 6.45) is 1.81. The van der Waals surface area contributed by atoms with Gasteiger partial charge in [0.05, 0.1) is 37.7 Å². The third kappa shape index (κ3) is 3.42. The maximum absolute atomic E-state index is 5.79. The molecule has 0 amide bonds. The van der Waals surface area contributed by atoms with Gasteiger partial charge in [0.2, 0.25) is 0 Å². The van der Waals surface area contributed by atoms with Crippen molar-refractivity contribution in [3.05, 3.63) is 71.3 Å². The molecule has 1 aromatic carbocycles. The van der Waals surface area contributed by atoms with Gasteiger partial charge >= 0.3 is 0 Å². The van der Waals surface area contributed by atoms with Gasteiger partial charge in [0.15, 0.2) is 5.11 Å². The van der Waals surface area contributed by atoms with Crippen LogP contribution in [-0.4, -0.2) is 29.3 Å². The zero-order valence-electron chi connectivity index (χ0n) is 16.9. The molecule has 6 nitrogen and oxygen atoms in total. The average molecular weight is 409 g/mol. The van der Waals surface area contributed by atoms with Gasteiger partial charge < -0.3 is 24.7 Å². The Morgan fingerprint density at radius 1 is 1.07 bits per heavy atom. The molecule has 0 radical (unpaired) electrons. The number of thiocarbonyl (C=S) groups is 1. The van der Waals surface area contributed by atoms with Crippen molar-refractivity contribution in [1.82, 2.24) is 15.3 Å². The van der Waals surface area contributed by atoms with Gasteiger partial charge in [-0.05, 0) is 62.0 Å². The van der Waals surface area contributed by atoms with Crippen molar-refractivity contribution in [3.63, 3.8) is 0 Å². The summed E-state index contributed by atoms with van der Waals surface area (Å²) < 4.78 is 11.1. The molecule has 2 N–H and O–H groups in total. The molecule has 1 aliphatic rings. The van der Waals surface area contributed by atoms with E-state index in [0.29, 0.717) is 5.11 Å². The Hall–Kier alpha value is -3.06. The highest BCUT2D eigenvalue weighted by atomic mass is 32.1. The van der Waals surface area contributed by atoms with Crippen LogP contribution in [0.2, 0.25) is 0 Å². The van der Waals surface area contributed by atoms with Gasteiger partial charge in [0, 0.05) is 23.7 Å². The fraction of sp³-hybridized carbons (Fsp3) is 0.273. The number of anilines is 1. The minimum absolute atomic E-state index is 0.0941. The van der Waals surface area contributed by atoms with Crippen LogP contribution in [-0.2, 0) is 0 Å². The van der Waals surface area contributed by atoms with E-state index in [4.69, 9.17) is 21.7 Å². The molecule has 150 valence electrons. The maximum Gasteiger partial charge on any atom is 0.174 e. The lowest BCUT2D eigenvalue weighted by atomic mass is 9.96. The minimum atomic E-state index is -0.103. The summed E-state index contributed by atoms with van der Waals surface area (Å²) >= 11 is 5.79. The van der Waals surface area contributed by atoms with Crippen LogP contribution in [0.25, 0.3) is 0 Å². The Kier molecular flexibility index (Phi) is 5.15. The number of ether oxygens (including phenoxy) is 2. The van der Waals surface area contributed by atoms with Gasteiger partial charge in [-0.2, -0.15) is 0 Å². The van der Waals surface area contributed by atoms with Gasteiger partial charge in [-0.25, -0.2) is 0 Å². The molecule has 0 aliphatic carbocycles. The maximum atomic E-state index is 5.79. The summed E-state index contributed by atoms with van der Waals surface area (Å²) in [5, 5.41) is 4.10. The molecule has 7 heteroatoms. The molecule has 1 saturated heterocycles. The van der Waals surface area contributed by atoms with Crippen molar-refractivity contribution in [2.45, 2.75) is 25.9 Å². The monoisotopic (exact) mass is 408 g/mol. The highest BCUT2D eigenvalue weighted by Crippen LogP contribution is 2.46. The number of aromatic nitrogens is 2. The van der Waals surface area contributed by atoms with Gasteiger partial charge in [0.1, 0.15) is 11.5 Å². The third-order valence-electron chi connectivity index (χ3n) is 5.25. The summed E-state index contributed by atoms with van der Waals surface area (Å²) in [5.74, 6) is 1.47. The van der Waals surface area contributed by atoms with Crippen LogP contribution in [0.15, 0.2) is 48.7 Å². The van der Waals surface area contributed by atoms with Crippen molar-refractivity contribution in [2.75, 3.05) is 19.1 Å². The first-order chi connectivity index (χ1) is 14.0. The van der Waals surface area contributed by atoms with E-state index < -0.39 is 0 Å². The fourth-order valence-corrected chi connectivity index (χ4v) is 4.31. The van der Waals surface area contributed by atoms with Crippen molar-refractivity contribution in [1.29, 1.82) is 0 Å². The molecule has 4 rings (SSSR count). The molecule has 1 aliphatic heterocycles. The van der Waals surface area contributed by atoms with E-state index in [1.54, 1.807) is 20.4 Å². The van der Waals surface area contributed by atoms with E-state index in [9.17, 15) is 0 Å². The van der Waals surface area contributed by atoms with E-state index in [1.807, 2.05) is 36.4 Å². The van der Waals surface area contributed by atoms with Gasteiger partial charge in [-0.1, -0.05) is 6.07 Å². The number of aromatic amines is 1. The number of nitrogens with zero attached hydrogens (tertiary/aromatic N) is 2. The van der Waals surface area contributed by atoms with E-state index in [1.165, 1.54) is 0 Å². The quantitative estimate of drug-likeness (QED) is 0.617. The van der Waals surface area contributed by atoms with E-state index in [0.717, 1.165) is 39.8 Å². The minimum Gasteiger partial charge on any atom is -0.497 e. The number of H-pyrrole nitrogens is 1. The Morgan fingerprint density at radius 3 is 2.52 bits per heavy atom. The number of hydrogen-bond acceptors (Lipinski definition) is 4. The van der Waals surface area contributed by atoms with Crippen LogP contribution < -0.4 is 19.7 Å². The number of hydrogen-bond donors (Lipinski definition) is 2. The second-order valence-electron chi connectivity index (χ2n) is 7.07. The summed E-state index contributed by atoms with van der Waals surface area (Å²) in [7, 11) is 3.31. The first-order valence-electron chi connectivity index (χ1n) is 9.42. The zero-order chi connectivity index (χ0) is 20.5. The third-order valence-corrected chi connectivity index (χ3v) is 5.57. The Balaban J connectivity index is 1.90. The van der Waals surface area contributed by atoms with Crippen molar-refractivity contribution in [2.24, 2.45) is 0 Å². The molecule has 3 heterocycles. The lowest BCUT2D eigenvalue weighted by molar-refractivity contribution is 0.403. The van der Waals surface area contributed by atoms with Gasteiger partial charge in [-0.15, -0.1) is 0 Å². The molecule has 3 aromatic rings. The van der Waals surface area contributed by atoms with Crippen molar-refractivity contribution < 1.29 is 9.47 Å². The normalized spacial score (nSPS) is 18.6. The summed E-state index contributed by atoms with van der Waals surface area (Å²) in [6.45, 7) is 4.14. The molecule has 0 bridgehead atoms. The standard InChI is InChI=1S/C22H24N4O2S/c1-13-11-16(14(2)24-13)21-20(17-7-5-6-10-23-17)25-22(29)26(21)18-12-15(27-3)8-9-19(18)28-4/h5-12,20-21,24H,1-4H3,(H,25,29)/t20-,21+/m0/s1. The highest BCUT2D eigenvalue weighted by Gasteiger charge is 2.42. The summed E-state index contributed by atoms with van der Waals surface area (Å²) in [6, 6.07) is 13.6. The Bertz CT molecular complexity index is 1030. The highest BCUT2D eigenvalue weighted by molar-refractivity contribution is 7.80. The molecule has 2 atom stereocenters. The number of benzene rings is 1. The molecule has 0 saturated carbocycles. The second-order valence-corrected chi connectivity index (χ2v) is 7.45. The predicted molar refractivity (Wildman–Crippen MR) is 118 cm³/mol. The number of pyridine rings is 1. The zero-order valence-corrected chi connectivity index (χ0v) is 17.7. The molecule has 0 unspecified atom stereocenters. The molecular weight excluding hydrogens is 384 g/mol. The number of aryl methyl sites for hydroxylation is 2. The molecule has 1 fully saturated rings. The topological polar surface area (TPSA) is 62.4 Å². The van der Waals surface area contributed by atoms with Crippen LogP contribution in [0.4, 0.5) is 5.69 Å². The Labute approximate surface area is 175 Å². The first kappa shape index (κ1) is 19.3. The van der Waals surface area contributed by atoms with Gasteiger partial charge in [-0.3, -0.25) is 4.98 Å². The van der Waals surface area contributed by atoms with Crippen LogP contribution in [0.5, 0.6) is 11.5 Å². The van der Waals surface area contributed by atoms with Crippen LogP contribution >= 0.6 is 12.2 Å².